The van der Waals surface area contributed by atoms with Crippen molar-refractivity contribution in [1.82, 2.24) is 5.32 Å². The second-order valence-electron chi connectivity index (χ2n) is 5.41. The van der Waals surface area contributed by atoms with Crippen LogP contribution in [0.5, 0.6) is 0 Å². The molecule has 1 N–H and O–H groups in total. The quantitative estimate of drug-likeness (QED) is 0.919. The van der Waals surface area contributed by atoms with Crippen LogP contribution in [0.2, 0.25) is 5.02 Å². The van der Waals surface area contributed by atoms with E-state index in [2.05, 4.69) is 11.4 Å². The van der Waals surface area contributed by atoms with E-state index in [-0.39, 0.29) is 11.8 Å². The maximum atomic E-state index is 12.3. The third-order valence-corrected chi connectivity index (χ3v) is 4.49. The number of aryl methyl sites for hydroxylation is 1. The van der Waals surface area contributed by atoms with Gasteiger partial charge in [0, 0.05) is 0 Å². The van der Waals surface area contributed by atoms with E-state index in [9.17, 15) is 10.1 Å². The summed E-state index contributed by atoms with van der Waals surface area (Å²) in [5, 5.41) is 12.6. The molecule has 1 aliphatic carbocycles. The highest BCUT2D eigenvalue weighted by atomic mass is 35.5. The van der Waals surface area contributed by atoms with E-state index in [0.717, 1.165) is 31.2 Å². The van der Waals surface area contributed by atoms with Crippen molar-refractivity contribution in [2.45, 2.75) is 45.1 Å². The highest BCUT2D eigenvalue weighted by Gasteiger charge is 2.25. The number of carbonyl (C=O) groups is 1. The van der Waals surface area contributed by atoms with E-state index in [1.807, 2.05) is 13.0 Å². The number of nitriles is 1. The average Bonchev–Trinajstić information content (AvgIpc) is 2.48. The van der Waals surface area contributed by atoms with Crippen molar-refractivity contribution >= 4 is 17.5 Å². The predicted octanol–water partition coefficient (Wildman–Crippen LogP) is 3.85. The Balaban J connectivity index is 2.09. The smallest absolute Gasteiger partial charge is 0.253 e. The van der Waals surface area contributed by atoms with Crippen LogP contribution in [0.25, 0.3) is 0 Å². The first-order valence-corrected chi connectivity index (χ1v) is 7.47. The largest absolute Gasteiger partial charge is 0.336 e. The summed E-state index contributed by atoms with van der Waals surface area (Å²) in [7, 11) is 0. The van der Waals surface area contributed by atoms with E-state index in [1.54, 1.807) is 12.1 Å². The lowest BCUT2D eigenvalue weighted by atomic mass is 9.84. The van der Waals surface area contributed by atoms with E-state index >= 15 is 0 Å². The zero-order valence-electron chi connectivity index (χ0n) is 11.7. The molecule has 0 aromatic heterocycles. The van der Waals surface area contributed by atoms with Crippen LogP contribution in [0.3, 0.4) is 0 Å². The molecule has 4 heteroatoms. The number of benzene rings is 1. The van der Waals surface area contributed by atoms with Crippen molar-refractivity contribution in [2.24, 2.45) is 5.92 Å². The molecule has 0 bridgehead atoms. The van der Waals surface area contributed by atoms with Crippen molar-refractivity contribution in [1.29, 1.82) is 5.26 Å². The highest BCUT2D eigenvalue weighted by molar-refractivity contribution is 6.34. The summed E-state index contributed by atoms with van der Waals surface area (Å²) in [5.74, 6) is 0.0112. The van der Waals surface area contributed by atoms with Crippen molar-refractivity contribution in [2.75, 3.05) is 0 Å². The van der Waals surface area contributed by atoms with Gasteiger partial charge in [0.05, 0.1) is 16.7 Å². The maximum absolute atomic E-state index is 12.3. The van der Waals surface area contributed by atoms with Crippen molar-refractivity contribution in [3.8, 4) is 6.07 Å². The number of nitrogens with zero attached hydrogens (tertiary/aromatic N) is 1. The fraction of sp³-hybridized carbons (Fsp3) is 0.500. The molecule has 0 aliphatic heterocycles. The number of amides is 1. The van der Waals surface area contributed by atoms with Crippen LogP contribution in [-0.4, -0.2) is 11.9 Å². The summed E-state index contributed by atoms with van der Waals surface area (Å²) in [6.07, 6.45) is 5.54. The third kappa shape index (κ3) is 3.32. The van der Waals surface area contributed by atoms with Gasteiger partial charge in [0.25, 0.3) is 5.91 Å². The summed E-state index contributed by atoms with van der Waals surface area (Å²) in [4.78, 5) is 12.3. The Morgan fingerprint density at radius 1 is 1.40 bits per heavy atom. The number of nitrogens with one attached hydrogen (secondary N) is 1. The van der Waals surface area contributed by atoms with Gasteiger partial charge in [-0.1, -0.05) is 43.0 Å². The van der Waals surface area contributed by atoms with Crippen molar-refractivity contribution in [3.05, 3.63) is 34.3 Å². The SMILES string of the molecule is Cc1cccc(C(=O)NC(C#N)C2CCCCC2)c1Cl. The van der Waals surface area contributed by atoms with Gasteiger partial charge in [-0.3, -0.25) is 4.79 Å². The van der Waals surface area contributed by atoms with E-state index in [4.69, 9.17) is 11.6 Å². The lowest BCUT2D eigenvalue weighted by Gasteiger charge is -2.26. The van der Waals surface area contributed by atoms with Gasteiger partial charge in [-0.25, -0.2) is 0 Å². The zero-order valence-corrected chi connectivity index (χ0v) is 12.4. The highest BCUT2D eigenvalue weighted by Crippen LogP contribution is 2.27. The number of rotatable bonds is 3. The number of carbonyl (C=O) groups excluding carboxylic acids is 1. The Hall–Kier alpha value is -1.53. The summed E-state index contributed by atoms with van der Waals surface area (Å²) in [6.45, 7) is 1.86. The number of hydrogen-bond donors (Lipinski definition) is 1. The van der Waals surface area contributed by atoms with E-state index < -0.39 is 6.04 Å². The Kier molecular flexibility index (Phi) is 5.03. The third-order valence-electron chi connectivity index (χ3n) is 3.98. The van der Waals surface area contributed by atoms with E-state index in [0.29, 0.717) is 10.6 Å². The second kappa shape index (κ2) is 6.76. The predicted molar refractivity (Wildman–Crippen MR) is 79.6 cm³/mol. The van der Waals surface area contributed by atoms with Gasteiger partial charge in [0.2, 0.25) is 0 Å². The lowest BCUT2D eigenvalue weighted by molar-refractivity contribution is 0.0929. The van der Waals surface area contributed by atoms with Gasteiger partial charge in [0.15, 0.2) is 0 Å². The normalized spacial score (nSPS) is 17.2. The fourth-order valence-electron chi connectivity index (χ4n) is 2.76. The molecule has 1 aromatic rings. The zero-order chi connectivity index (χ0) is 14.5. The van der Waals surface area contributed by atoms with Crippen LogP contribution in [0.1, 0.15) is 48.0 Å². The molecular weight excluding hydrogens is 272 g/mol. The monoisotopic (exact) mass is 290 g/mol. The molecule has 2 rings (SSSR count). The molecule has 1 unspecified atom stereocenters. The van der Waals surface area contributed by atoms with E-state index in [1.165, 1.54) is 6.42 Å². The number of halogens is 1. The first kappa shape index (κ1) is 14.9. The molecule has 1 saturated carbocycles. The van der Waals surface area contributed by atoms with Crippen LogP contribution in [0.15, 0.2) is 18.2 Å². The summed E-state index contributed by atoms with van der Waals surface area (Å²) in [5.41, 5.74) is 1.31. The molecule has 0 heterocycles. The molecular formula is C16H19ClN2O. The molecule has 1 amide bonds. The molecule has 1 aliphatic rings. The van der Waals surface area contributed by atoms with Crippen molar-refractivity contribution in [3.63, 3.8) is 0 Å². The lowest BCUT2D eigenvalue weighted by Crippen LogP contribution is -2.40. The van der Waals surface area contributed by atoms with Crippen LogP contribution in [-0.2, 0) is 0 Å². The minimum Gasteiger partial charge on any atom is -0.336 e. The molecule has 106 valence electrons. The molecule has 1 atom stereocenters. The Bertz CT molecular complexity index is 530. The van der Waals surface area contributed by atoms with Gasteiger partial charge in [-0.05, 0) is 37.3 Å². The Morgan fingerprint density at radius 2 is 2.10 bits per heavy atom. The minimum atomic E-state index is -0.417. The summed E-state index contributed by atoms with van der Waals surface area (Å²) < 4.78 is 0. The second-order valence-corrected chi connectivity index (χ2v) is 5.79. The minimum absolute atomic E-state index is 0.254. The Labute approximate surface area is 124 Å². The summed E-state index contributed by atoms with van der Waals surface area (Å²) >= 11 is 6.16. The molecule has 0 radical (unpaired) electrons. The van der Waals surface area contributed by atoms with Crippen LogP contribution in [0, 0.1) is 24.2 Å². The Morgan fingerprint density at radius 3 is 2.75 bits per heavy atom. The summed E-state index contributed by atoms with van der Waals surface area (Å²) in [6, 6.07) is 7.18. The average molecular weight is 291 g/mol. The van der Waals surface area contributed by atoms with Gasteiger partial charge < -0.3 is 5.32 Å². The molecule has 0 spiro atoms. The van der Waals surface area contributed by atoms with Crippen LogP contribution in [0.4, 0.5) is 0 Å². The molecule has 1 fully saturated rings. The topological polar surface area (TPSA) is 52.9 Å². The molecule has 20 heavy (non-hydrogen) atoms. The van der Waals surface area contributed by atoms with Crippen LogP contribution >= 0.6 is 11.6 Å². The molecule has 3 nitrogen and oxygen atoms in total. The first-order valence-electron chi connectivity index (χ1n) is 7.09. The molecule has 0 saturated heterocycles. The first-order chi connectivity index (χ1) is 9.63. The van der Waals surface area contributed by atoms with Gasteiger partial charge >= 0.3 is 0 Å². The van der Waals surface area contributed by atoms with Crippen molar-refractivity contribution < 1.29 is 4.79 Å². The fourth-order valence-corrected chi connectivity index (χ4v) is 2.98. The van der Waals surface area contributed by atoms with Gasteiger partial charge in [-0.15, -0.1) is 0 Å². The van der Waals surface area contributed by atoms with Gasteiger partial charge in [-0.2, -0.15) is 5.26 Å². The molecule has 1 aromatic carbocycles. The van der Waals surface area contributed by atoms with Gasteiger partial charge in [0.1, 0.15) is 6.04 Å². The number of hydrogen-bond acceptors (Lipinski definition) is 2. The maximum Gasteiger partial charge on any atom is 0.253 e. The standard InChI is InChI=1S/C16H19ClN2O/c1-11-6-5-9-13(15(11)17)16(20)19-14(10-18)12-7-3-2-4-8-12/h5-6,9,12,14H,2-4,7-8H2,1H3,(H,19,20). The van der Waals surface area contributed by atoms with Crippen LogP contribution < -0.4 is 5.32 Å².